The van der Waals surface area contributed by atoms with Crippen molar-refractivity contribution >= 4 is 12.0 Å². The van der Waals surface area contributed by atoms with Gasteiger partial charge in [-0.15, -0.1) is 0 Å². The highest BCUT2D eigenvalue weighted by Gasteiger charge is 2.09. The Balaban J connectivity index is 2.34. The van der Waals surface area contributed by atoms with Gasteiger partial charge >= 0.3 is 12.0 Å². The third-order valence-corrected chi connectivity index (χ3v) is 1.89. The number of hydrogen-bond acceptors (Lipinski definition) is 4. The second-order valence-electron chi connectivity index (χ2n) is 3.27. The molecule has 1 rings (SSSR count). The van der Waals surface area contributed by atoms with E-state index in [1.54, 1.807) is 25.4 Å². The number of hydroxylamine groups is 1. The zero-order valence-corrected chi connectivity index (χ0v) is 9.21. The van der Waals surface area contributed by atoms with Gasteiger partial charge in [0.25, 0.3) is 0 Å². The smallest absolute Gasteiger partial charge is 0.339 e. The van der Waals surface area contributed by atoms with Gasteiger partial charge in [-0.2, -0.15) is 0 Å². The van der Waals surface area contributed by atoms with Crippen LogP contribution in [0.4, 0.5) is 4.79 Å². The lowest BCUT2D eigenvalue weighted by Crippen LogP contribution is -2.38. The van der Waals surface area contributed by atoms with Crippen molar-refractivity contribution in [2.24, 2.45) is 0 Å². The molecular formula is C10H13N3O4. The number of rotatable bonds is 5. The number of aromatic nitrogens is 1. The van der Waals surface area contributed by atoms with E-state index < -0.39 is 18.6 Å². The monoisotopic (exact) mass is 239 g/mol. The predicted octanol–water partition coefficient (Wildman–Crippen LogP) is 0.458. The summed E-state index contributed by atoms with van der Waals surface area (Å²) in [6.07, 6.45) is 3.26. The van der Waals surface area contributed by atoms with E-state index in [2.05, 4.69) is 15.1 Å². The molecule has 17 heavy (non-hydrogen) atoms. The van der Waals surface area contributed by atoms with Gasteiger partial charge in [0.05, 0.1) is 6.04 Å². The van der Waals surface area contributed by atoms with Crippen molar-refractivity contribution in [3.63, 3.8) is 0 Å². The third-order valence-electron chi connectivity index (χ3n) is 1.89. The lowest BCUT2D eigenvalue weighted by molar-refractivity contribution is -0.144. The predicted molar refractivity (Wildman–Crippen MR) is 57.9 cm³/mol. The number of aliphatic carboxylic acids is 1. The van der Waals surface area contributed by atoms with Crippen LogP contribution in [-0.2, 0) is 9.63 Å². The molecule has 2 amide bonds. The van der Waals surface area contributed by atoms with E-state index in [0.29, 0.717) is 0 Å². The van der Waals surface area contributed by atoms with E-state index in [1.165, 1.54) is 0 Å². The number of carboxylic acid groups (broad SMARTS) is 1. The summed E-state index contributed by atoms with van der Waals surface area (Å²) in [5.74, 6) is -1.16. The number of carbonyl (C=O) groups excluding carboxylic acids is 1. The Morgan fingerprint density at radius 2 is 2.35 bits per heavy atom. The van der Waals surface area contributed by atoms with Crippen molar-refractivity contribution in [1.29, 1.82) is 0 Å². The summed E-state index contributed by atoms with van der Waals surface area (Å²) in [6.45, 7) is 1.18. The number of hydrogen-bond donors (Lipinski definition) is 3. The molecule has 1 heterocycles. The Morgan fingerprint density at radius 1 is 1.59 bits per heavy atom. The fourth-order valence-corrected chi connectivity index (χ4v) is 1.10. The van der Waals surface area contributed by atoms with Gasteiger partial charge in [-0.3, -0.25) is 9.82 Å². The van der Waals surface area contributed by atoms with Crippen molar-refractivity contribution in [2.75, 3.05) is 6.61 Å². The second kappa shape index (κ2) is 6.44. The first kappa shape index (κ1) is 12.9. The van der Waals surface area contributed by atoms with Crippen LogP contribution in [0.15, 0.2) is 24.5 Å². The van der Waals surface area contributed by atoms with Gasteiger partial charge in [-0.25, -0.2) is 15.1 Å². The van der Waals surface area contributed by atoms with Gasteiger partial charge in [0, 0.05) is 12.4 Å². The molecule has 3 N–H and O–H groups in total. The van der Waals surface area contributed by atoms with E-state index in [-0.39, 0.29) is 6.04 Å². The molecule has 1 unspecified atom stereocenters. The number of amides is 2. The summed E-state index contributed by atoms with van der Waals surface area (Å²) in [5.41, 5.74) is 2.80. The van der Waals surface area contributed by atoms with Crippen LogP contribution in [0.25, 0.3) is 0 Å². The number of carboxylic acids is 1. The van der Waals surface area contributed by atoms with Crippen molar-refractivity contribution in [3.05, 3.63) is 30.1 Å². The van der Waals surface area contributed by atoms with E-state index in [9.17, 15) is 9.59 Å². The maximum Gasteiger partial charge on any atom is 0.339 e. The average molecular weight is 239 g/mol. The molecule has 7 nitrogen and oxygen atoms in total. The molecule has 1 atom stereocenters. The summed E-state index contributed by atoms with van der Waals surface area (Å²) in [5, 5.41) is 10.8. The van der Waals surface area contributed by atoms with Crippen molar-refractivity contribution in [1.82, 2.24) is 15.8 Å². The van der Waals surface area contributed by atoms with Gasteiger partial charge in [-0.1, -0.05) is 6.07 Å². The molecule has 0 bridgehead atoms. The van der Waals surface area contributed by atoms with E-state index in [1.807, 2.05) is 11.5 Å². The quantitative estimate of drug-likeness (QED) is 0.648. The Hall–Kier alpha value is -2.15. The van der Waals surface area contributed by atoms with Crippen LogP contribution in [0.5, 0.6) is 0 Å². The third kappa shape index (κ3) is 4.94. The second-order valence-corrected chi connectivity index (χ2v) is 3.27. The average Bonchev–Trinajstić information content (AvgIpc) is 2.29. The molecule has 0 aromatic carbocycles. The standard InChI is InChI=1S/C10H13N3O4/c1-7(8-3-2-4-11-5-8)12-10(16)13-17-6-9(14)15/h2-5,7H,6H2,1H3,(H,14,15)(H2,12,13,16). The van der Waals surface area contributed by atoms with Crippen LogP contribution in [0.2, 0.25) is 0 Å². The molecule has 0 saturated heterocycles. The molecule has 0 fully saturated rings. The molecule has 0 radical (unpaired) electrons. The summed E-state index contributed by atoms with van der Waals surface area (Å²) >= 11 is 0. The minimum atomic E-state index is -1.16. The fourth-order valence-electron chi connectivity index (χ4n) is 1.10. The first-order chi connectivity index (χ1) is 8.09. The van der Waals surface area contributed by atoms with Crippen LogP contribution in [0, 0.1) is 0 Å². The van der Waals surface area contributed by atoms with Crippen LogP contribution < -0.4 is 10.8 Å². The Bertz CT molecular complexity index is 382. The van der Waals surface area contributed by atoms with Gasteiger partial charge in [0.15, 0.2) is 6.61 Å². The SMILES string of the molecule is CC(NC(=O)NOCC(=O)O)c1cccnc1. The minimum absolute atomic E-state index is 0.253. The number of nitrogens with zero attached hydrogens (tertiary/aromatic N) is 1. The summed E-state index contributed by atoms with van der Waals surface area (Å²) in [6, 6.07) is 2.71. The number of urea groups is 1. The van der Waals surface area contributed by atoms with Gasteiger partial charge < -0.3 is 10.4 Å². The molecule has 0 aliphatic rings. The fraction of sp³-hybridized carbons (Fsp3) is 0.300. The van der Waals surface area contributed by atoms with E-state index >= 15 is 0 Å². The van der Waals surface area contributed by atoms with Crippen LogP contribution in [0.1, 0.15) is 18.5 Å². The van der Waals surface area contributed by atoms with Gasteiger partial charge in [0.2, 0.25) is 0 Å². The highest BCUT2D eigenvalue weighted by molar-refractivity contribution is 5.73. The van der Waals surface area contributed by atoms with E-state index in [0.717, 1.165) is 5.56 Å². The first-order valence-corrected chi connectivity index (χ1v) is 4.89. The summed E-state index contributed by atoms with van der Waals surface area (Å²) in [7, 11) is 0. The Labute approximate surface area is 97.8 Å². The van der Waals surface area contributed by atoms with Crippen molar-refractivity contribution < 1.29 is 19.5 Å². The first-order valence-electron chi connectivity index (χ1n) is 4.89. The summed E-state index contributed by atoms with van der Waals surface area (Å²) < 4.78 is 0. The lowest BCUT2D eigenvalue weighted by Gasteiger charge is -2.13. The highest BCUT2D eigenvalue weighted by Crippen LogP contribution is 2.08. The Kier molecular flexibility index (Phi) is 4.89. The Morgan fingerprint density at radius 3 is 2.94 bits per heavy atom. The molecule has 0 spiro atoms. The maximum absolute atomic E-state index is 11.2. The van der Waals surface area contributed by atoms with Gasteiger partial charge in [0.1, 0.15) is 0 Å². The molecule has 0 aliphatic carbocycles. The largest absolute Gasteiger partial charge is 0.479 e. The van der Waals surface area contributed by atoms with Crippen molar-refractivity contribution in [2.45, 2.75) is 13.0 Å². The minimum Gasteiger partial charge on any atom is -0.479 e. The maximum atomic E-state index is 11.2. The van der Waals surface area contributed by atoms with Gasteiger partial charge in [-0.05, 0) is 18.6 Å². The van der Waals surface area contributed by atoms with Crippen LogP contribution >= 0.6 is 0 Å². The zero-order chi connectivity index (χ0) is 12.7. The van der Waals surface area contributed by atoms with Crippen LogP contribution in [0.3, 0.4) is 0 Å². The molecule has 92 valence electrons. The molecule has 1 aromatic rings. The summed E-state index contributed by atoms with van der Waals surface area (Å²) in [4.78, 5) is 29.7. The number of pyridine rings is 1. The molecule has 7 heteroatoms. The molecule has 1 aromatic heterocycles. The highest BCUT2D eigenvalue weighted by atomic mass is 16.7. The molecule has 0 aliphatic heterocycles. The molecule has 0 saturated carbocycles. The molecular weight excluding hydrogens is 226 g/mol. The zero-order valence-electron chi connectivity index (χ0n) is 9.21. The van der Waals surface area contributed by atoms with E-state index in [4.69, 9.17) is 5.11 Å². The lowest BCUT2D eigenvalue weighted by atomic mass is 10.1. The number of nitrogens with one attached hydrogen (secondary N) is 2. The van der Waals surface area contributed by atoms with Crippen LogP contribution in [-0.4, -0.2) is 28.7 Å². The van der Waals surface area contributed by atoms with Crippen molar-refractivity contribution in [3.8, 4) is 0 Å². The normalized spacial score (nSPS) is 11.6. The number of carbonyl (C=O) groups is 2. The topological polar surface area (TPSA) is 101 Å².